The summed E-state index contributed by atoms with van der Waals surface area (Å²) in [5.74, 6) is -0.977. The Morgan fingerprint density at radius 1 is 1.06 bits per heavy atom. The average Bonchev–Trinajstić information content (AvgIpc) is 3.25. The van der Waals surface area contributed by atoms with Crippen molar-refractivity contribution in [3.8, 4) is 0 Å². The molecule has 2 aliphatic heterocycles. The van der Waals surface area contributed by atoms with Gasteiger partial charge < -0.3 is 20.1 Å². The number of nitrogens with two attached hydrogens (primary N) is 1. The summed E-state index contributed by atoms with van der Waals surface area (Å²) >= 11 is 0. The maximum atomic E-state index is 12.6. The number of halogens is 6. The van der Waals surface area contributed by atoms with Gasteiger partial charge in [-0.25, -0.2) is 9.59 Å². The van der Waals surface area contributed by atoms with E-state index in [1.807, 2.05) is 4.90 Å². The predicted molar refractivity (Wildman–Crippen MR) is 104 cm³/mol. The number of hydrogen-bond acceptors (Lipinski definition) is 7. The summed E-state index contributed by atoms with van der Waals surface area (Å²) in [5, 5.41) is 0. The van der Waals surface area contributed by atoms with Gasteiger partial charge in [-0.3, -0.25) is 9.89 Å². The summed E-state index contributed by atoms with van der Waals surface area (Å²) in [5.41, 5.74) is 6.21. The van der Waals surface area contributed by atoms with Crippen molar-refractivity contribution in [1.82, 2.24) is 9.80 Å². The predicted octanol–water partition coefficient (Wildman–Crippen LogP) is 2.35. The molecule has 1 amide bonds. The van der Waals surface area contributed by atoms with Crippen LogP contribution in [0.3, 0.4) is 0 Å². The van der Waals surface area contributed by atoms with Gasteiger partial charge in [0, 0.05) is 51.0 Å². The third-order valence-corrected chi connectivity index (χ3v) is 5.32. The normalized spacial score (nSPS) is 22.6. The van der Waals surface area contributed by atoms with Gasteiger partial charge in [-0.1, -0.05) is 0 Å². The first-order chi connectivity index (χ1) is 15.3. The van der Waals surface area contributed by atoms with Crippen molar-refractivity contribution >= 4 is 17.8 Å². The van der Waals surface area contributed by atoms with Crippen LogP contribution in [0.25, 0.3) is 0 Å². The minimum atomic E-state index is -5.76. The molecule has 0 radical (unpaired) electrons. The SMILES string of the molecule is CCN=C(C(=O)OCC)C(=CN)CN1CC2CN(C(=O)OC(C(F)(F)F)C(F)(F)F)CC2C1. The number of esters is 1. The van der Waals surface area contributed by atoms with Crippen molar-refractivity contribution in [2.45, 2.75) is 32.3 Å². The molecular formula is C19H26F6N4O4. The Hall–Kier alpha value is -2.51. The molecule has 8 nitrogen and oxygen atoms in total. The summed E-state index contributed by atoms with van der Waals surface area (Å²) in [6, 6.07) is 0. The summed E-state index contributed by atoms with van der Waals surface area (Å²) in [7, 11) is 0. The topological polar surface area (TPSA) is 97.5 Å². The minimum absolute atomic E-state index is 0.0438. The monoisotopic (exact) mass is 488 g/mol. The van der Waals surface area contributed by atoms with Gasteiger partial charge in [0.25, 0.3) is 6.10 Å². The van der Waals surface area contributed by atoms with Crippen LogP contribution in [0.4, 0.5) is 31.1 Å². The van der Waals surface area contributed by atoms with Gasteiger partial charge in [0.05, 0.1) is 6.61 Å². The molecule has 14 heteroatoms. The molecule has 0 saturated carbocycles. The van der Waals surface area contributed by atoms with E-state index in [0.29, 0.717) is 25.2 Å². The average molecular weight is 488 g/mol. The van der Waals surface area contributed by atoms with Gasteiger partial charge in [0.15, 0.2) is 0 Å². The zero-order chi connectivity index (χ0) is 25.0. The maximum Gasteiger partial charge on any atom is 0.434 e. The van der Waals surface area contributed by atoms with E-state index in [-0.39, 0.29) is 43.8 Å². The van der Waals surface area contributed by atoms with Gasteiger partial charge in [-0.05, 0) is 25.7 Å². The highest BCUT2D eigenvalue weighted by atomic mass is 19.4. The molecule has 2 N–H and O–H groups in total. The molecule has 2 heterocycles. The highest BCUT2D eigenvalue weighted by Crippen LogP contribution is 2.37. The van der Waals surface area contributed by atoms with Gasteiger partial charge in [-0.2, -0.15) is 26.3 Å². The molecule has 188 valence electrons. The number of rotatable bonds is 7. The number of amides is 1. The molecule has 0 bridgehead atoms. The first-order valence-corrected chi connectivity index (χ1v) is 10.3. The molecule has 2 unspecified atom stereocenters. The largest absolute Gasteiger partial charge is 0.461 e. The van der Waals surface area contributed by atoms with Crippen LogP contribution in [0.1, 0.15) is 13.8 Å². The molecular weight excluding hydrogens is 462 g/mol. The van der Waals surface area contributed by atoms with Crippen LogP contribution >= 0.6 is 0 Å². The number of carbonyl (C=O) groups excluding carboxylic acids is 2. The van der Waals surface area contributed by atoms with Crippen LogP contribution in [-0.2, 0) is 14.3 Å². The molecule has 2 fully saturated rings. The molecule has 2 saturated heterocycles. The lowest BCUT2D eigenvalue weighted by molar-refractivity contribution is -0.308. The molecule has 0 spiro atoms. The second kappa shape index (κ2) is 10.6. The molecule has 0 aromatic carbocycles. The van der Waals surface area contributed by atoms with Crippen molar-refractivity contribution < 1.29 is 45.4 Å². The lowest BCUT2D eigenvalue weighted by atomic mass is 10.0. The lowest BCUT2D eigenvalue weighted by Gasteiger charge is -2.26. The van der Waals surface area contributed by atoms with E-state index in [1.54, 1.807) is 13.8 Å². The number of likely N-dealkylation sites (tertiary alicyclic amines) is 2. The highest BCUT2D eigenvalue weighted by molar-refractivity contribution is 6.43. The fraction of sp³-hybridized carbons (Fsp3) is 0.737. The van der Waals surface area contributed by atoms with Gasteiger partial charge in [0.1, 0.15) is 5.71 Å². The van der Waals surface area contributed by atoms with Crippen LogP contribution in [0.5, 0.6) is 0 Å². The van der Waals surface area contributed by atoms with Gasteiger partial charge in [0.2, 0.25) is 0 Å². The molecule has 2 atom stereocenters. The molecule has 2 rings (SSSR count). The van der Waals surface area contributed by atoms with Crippen LogP contribution < -0.4 is 5.73 Å². The molecule has 2 aliphatic rings. The summed E-state index contributed by atoms with van der Waals surface area (Å²) in [6.45, 7) is 4.83. The third-order valence-electron chi connectivity index (χ3n) is 5.32. The Bertz CT molecular complexity index is 755. The van der Waals surface area contributed by atoms with E-state index in [9.17, 15) is 35.9 Å². The number of carbonyl (C=O) groups is 2. The van der Waals surface area contributed by atoms with Crippen LogP contribution in [-0.4, -0.2) is 91.9 Å². The summed E-state index contributed by atoms with van der Waals surface area (Å²) in [4.78, 5) is 31.1. The molecule has 0 aromatic heterocycles. The lowest BCUT2D eigenvalue weighted by Crippen LogP contribution is -2.48. The van der Waals surface area contributed by atoms with Crippen molar-refractivity contribution in [2.24, 2.45) is 22.6 Å². The first kappa shape index (κ1) is 26.7. The van der Waals surface area contributed by atoms with Crippen molar-refractivity contribution in [3.63, 3.8) is 0 Å². The molecule has 0 aliphatic carbocycles. The Balaban J connectivity index is 1.97. The molecule has 33 heavy (non-hydrogen) atoms. The van der Waals surface area contributed by atoms with Crippen molar-refractivity contribution in [3.05, 3.63) is 11.8 Å². The Morgan fingerprint density at radius 3 is 2.03 bits per heavy atom. The number of hydrogen-bond donors (Lipinski definition) is 1. The van der Waals surface area contributed by atoms with Gasteiger partial charge >= 0.3 is 24.4 Å². The third kappa shape index (κ3) is 6.74. The number of ether oxygens (including phenoxy) is 2. The number of fused-ring (bicyclic) bond motifs is 1. The van der Waals surface area contributed by atoms with E-state index in [1.165, 1.54) is 6.20 Å². The van der Waals surface area contributed by atoms with E-state index in [0.717, 1.165) is 4.90 Å². The standard InChI is InChI=1S/C19H26F6N4O4/c1-3-27-14(15(30)32-4-2)11(5-26)6-28-7-12-9-29(10-13(12)8-28)17(31)33-16(18(20,21)22)19(23,24)25/h5,12-13,16H,3-4,6-10,26H2,1-2H3. The van der Waals surface area contributed by atoms with Crippen molar-refractivity contribution in [1.29, 1.82) is 0 Å². The summed E-state index contributed by atoms with van der Waals surface area (Å²) < 4.78 is 84.6. The van der Waals surface area contributed by atoms with E-state index in [2.05, 4.69) is 9.73 Å². The molecule has 0 aromatic rings. The van der Waals surface area contributed by atoms with Gasteiger partial charge in [-0.15, -0.1) is 0 Å². The van der Waals surface area contributed by atoms with Crippen LogP contribution in [0, 0.1) is 11.8 Å². The van der Waals surface area contributed by atoms with Crippen LogP contribution in [0.2, 0.25) is 0 Å². The Kier molecular flexibility index (Phi) is 8.60. The fourth-order valence-corrected chi connectivity index (χ4v) is 3.97. The Morgan fingerprint density at radius 2 is 1.61 bits per heavy atom. The summed E-state index contributed by atoms with van der Waals surface area (Å²) in [6.07, 6.45) is -16.1. The van der Waals surface area contributed by atoms with Crippen LogP contribution in [0.15, 0.2) is 16.8 Å². The number of alkyl halides is 6. The second-order valence-electron chi connectivity index (χ2n) is 7.70. The fourth-order valence-electron chi connectivity index (χ4n) is 3.97. The zero-order valence-corrected chi connectivity index (χ0v) is 18.1. The quantitative estimate of drug-likeness (QED) is 0.336. The van der Waals surface area contributed by atoms with E-state index in [4.69, 9.17) is 10.5 Å². The minimum Gasteiger partial charge on any atom is -0.461 e. The number of aliphatic imine (C=N–C) groups is 1. The zero-order valence-electron chi connectivity index (χ0n) is 18.1. The smallest absolute Gasteiger partial charge is 0.434 e. The van der Waals surface area contributed by atoms with E-state index >= 15 is 0 Å². The maximum absolute atomic E-state index is 12.6. The second-order valence-corrected chi connectivity index (χ2v) is 7.70. The number of nitrogens with zero attached hydrogens (tertiary/aromatic N) is 3. The van der Waals surface area contributed by atoms with E-state index < -0.39 is 30.5 Å². The van der Waals surface area contributed by atoms with Crippen molar-refractivity contribution in [2.75, 3.05) is 45.9 Å². The first-order valence-electron chi connectivity index (χ1n) is 10.3. The highest BCUT2D eigenvalue weighted by Gasteiger charge is 2.60. The Labute approximate surface area is 186 Å².